The van der Waals surface area contributed by atoms with Gasteiger partial charge < -0.3 is 15.2 Å². The first-order valence-electron chi connectivity index (χ1n) is 9.15. The molecule has 6 heteroatoms. The Morgan fingerprint density at radius 3 is 2.46 bits per heavy atom. The number of nitrogens with zero attached hydrogens (tertiary/aromatic N) is 2. The molecule has 138 valence electrons. The summed E-state index contributed by atoms with van der Waals surface area (Å²) < 4.78 is 0. The van der Waals surface area contributed by atoms with E-state index in [9.17, 15) is 9.59 Å². The lowest BCUT2D eigenvalue weighted by molar-refractivity contribution is 0.0855. The van der Waals surface area contributed by atoms with Crippen molar-refractivity contribution in [3.8, 4) is 0 Å². The predicted molar refractivity (Wildman–Crippen MR) is 102 cm³/mol. The molecule has 1 aromatic heterocycles. The number of nitrogens with one attached hydrogen (secondary N) is 2. The molecule has 2 heterocycles. The van der Waals surface area contributed by atoms with Crippen LogP contribution in [0.15, 0.2) is 53.5 Å². The lowest BCUT2D eigenvalue weighted by atomic mass is 10.0. The van der Waals surface area contributed by atoms with E-state index in [2.05, 4.69) is 39.2 Å². The van der Waals surface area contributed by atoms with Gasteiger partial charge in [0, 0.05) is 45.0 Å². The summed E-state index contributed by atoms with van der Waals surface area (Å²) in [5, 5.41) is 3.02. The number of carbonyl (C=O) groups excluding carboxylic acids is 1. The summed E-state index contributed by atoms with van der Waals surface area (Å²) in [4.78, 5) is 31.0. The second kappa shape index (κ2) is 8.78. The van der Waals surface area contributed by atoms with Crippen LogP contribution in [0.5, 0.6) is 0 Å². The van der Waals surface area contributed by atoms with Gasteiger partial charge in [0.15, 0.2) is 0 Å². The minimum atomic E-state index is -0.211. The highest BCUT2D eigenvalue weighted by molar-refractivity contribution is 5.93. The monoisotopic (exact) mass is 354 g/mol. The maximum Gasteiger partial charge on any atom is 0.252 e. The Labute approximate surface area is 153 Å². The van der Waals surface area contributed by atoms with Gasteiger partial charge in [-0.15, -0.1) is 0 Å². The number of piperazine rings is 1. The van der Waals surface area contributed by atoms with Crippen LogP contribution >= 0.6 is 0 Å². The maximum absolute atomic E-state index is 12.4. The van der Waals surface area contributed by atoms with E-state index in [1.165, 1.54) is 17.8 Å². The van der Waals surface area contributed by atoms with E-state index in [0.29, 0.717) is 12.1 Å². The molecule has 1 aliphatic heterocycles. The fraction of sp³-hybridized carbons (Fsp3) is 0.400. The van der Waals surface area contributed by atoms with Crippen LogP contribution in [0, 0.1) is 0 Å². The molecule has 3 rings (SSSR count). The molecular weight excluding hydrogens is 328 g/mol. The lowest BCUT2D eigenvalue weighted by Crippen LogP contribution is -2.49. The van der Waals surface area contributed by atoms with Crippen LogP contribution in [0.4, 0.5) is 0 Å². The molecule has 6 nitrogen and oxygen atoms in total. The first-order chi connectivity index (χ1) is 12.7. The fourth-order valence-corrected chi connectivity index (χ4v) is 3.37. The van der Waals surface area contributed by atoms with Crippen molar-refractivity contribution >= 4 is 5.91 Å². The van der Waals surface area contributed by atoms with Crippen molar-refractivity contribution in [2.45, 2.75) is 13.0 Å². The smallest absolute Gasteiger partial charge is 0.252 e. The normalized spacial score (nSPS) is 17.0. The number of aromatic amines is 1. The molecule has 1 unspecified atom stereocenters. The molecule has 0 saturated carbocycles. The first-order valence-corrected chi connectivity index (χ1v) is 9.15. The Kier molecular flexibility index (Phi) is 6.20. The number of benzene rings is 1. The van der Waals surface area contributed by atoms with Crippen LogP contribution in [0.1, 0.15) is 28.9 Å². The van der Waals surface area contributed by atoms with Gasteiger partial charge >= 0.3 is 0 Å². The Hall–Kier alpha value is -2.44. The van der Waals surface area contributed by atoms with Crippen molar-refractivity contribution in [2.75, 3.05) is 39.3 Å². The summed E-state index contributed by atoms with van der Waals surface area (Å²) in [5.74, 6) is -0.172. The number of pyridine rings is 1. The zero-order valence-corrected chi connectivity index (χ0v) is 15.1. The average Bonchev–Trinajstić information content (AvgIpc) is 2.70. The number of aromatic nitrogens is 1. The van der Waals surface area contributed by atoms with Crippen molar-refractivity contribution in [2.24, 2.45) is 0 Å². The van der Waals surface area contributed by atoms with E-state index in [4.69, 9.17) is 0 Å². The van der Waals surface area contributed by atoms with Gasteiger partial charge in [0.2, 0.25) is 5.56 Å². The molecule has 1 atom stereocenters. The third kappa shape index (κ3) is 4.59. The maximum atomic E-state index is 12.4. The Balaban J connectivity index is 1.69. The molecule has 1 amide bonds. The van der Waals surface area contributed by atoms with Crippen LogP contribution in [-0.4, -0.2) is 60.0 Å². The van der Waals surface area contributed by atoms with E-state index >= 15 is 0 Å². The summed E-state index contributed by atoms with van der Waals surface area (Å²) in [6.45, 7) is 7.88. The number of rotatable bonds is 6. The molecular formula is C20H26N4O2. The molecule has 2 N–H and O–H groups in total. The third-order valence-corrected chi connectivity index (χ3v) is 4.98. The van der Waals surface area contributed by atoms with Crippen molar-refractivity contribution in [1.29, 1.82) is 0 Å². The average molecular weight is 354 g/mol. The molecule has 1 aliphatic rings. The standard InChI is InChI=1S/C20H26N4O2/c1-2-23-10-12-24(13-11-23)18(16-6-4-3-5-7-16)15-22-20(26)17-8-9-19(25)21-14-17/h3-9,14,18H,2,10-13,15H2,1H3,(H,21,25)(H,22,26). The van der Waals surface area contributed by atoms with Crippen LogP contribution in [-0.2, 0) is 0 Å². The van der Waals surface area contributed by atoms with Crippen LogP contribution in [0.2, 0.25) is 0 Å². The van der Waals surface area contributed by atoms with Gasteiger partial charge in [0.25, 0.3) is 5.91 Å². The molecule has 1 aromatic carbocycles. The molecule has 26 heavy (non-hydrogen) atoms. The largest absolute Gasteiger partial charge is 0.350 e. The number of hydrogen-bond donors (Lipinski definition) is 2. The van der Waals surface area contributed by atoms with Crippen molar-refractivity contribution < 1.29 is 4.79 Å². The number of H-pyrrole nitrogens is 1. The van der Waals surface area contributed by atoms with Crippen molar-refractivity contribution in [3.05, 3.63) is 70.1 Å². The van der Waals surface area contributed by atoms with E-state index in [1.807, 2.05) is 18.2 Å². The lowest BCUT2D eigenvalue weighted by Gasteiger charge is -2.39. The highest BCUT2D eigenvalue weighted by Crippen LogP contribution is 2.21. The van der Waals surface area contributed by atoms with Gasteiger partial charge in [-0.25, -0.2) is 0 Å². The Bertz CT molecular complexity index is 746. The summed E-state index contributed by atoms with van der Waals surface area (Å²) in [6, 6.07) is 13.4. The second-order valence-corrected chi connectivity index (χ2v) is 6.55. The molecule has 2 aromatic rings. The van der Waals surface area contributed by atoms with Crippen LogP contribution in [0.3, 0.4) is 0 Å². The fourth-order valence-electron chi connectivity index (χ4n) is 3.37. The zero-order valence-electron chi connectivity index (χ0n) is 15.1. The summed E-state index contributed by atoms with van der Waals surface area (Å²) in [7, 11) is 0. The third-order valence-electron chi connectivity index (χ3n) is 4.98. The van der Waals surface area contributed by atoms with E-state index < -0.39 is 0 Å². The summed E-state index contributed by atoms with van der Waals surface area (Å²) in [5.41, 5.74) is 1.46. The van der Waals surface area contributed by atoms with Crippen LogP contribution in [0.25, 0.3) is 0 Å². The minimum absolute atomic E-state index is 0.141. The topological polar surface area (TPSA) is 68.4 Å². The van der Waals surface area contributed by atoms with Crippen molar-refractivity contribution in [1.82, 2.24) is 20.1 Å². The predicted octanol–water partition coefficient (Wildman–Crippen LogP) is 1.48. The number of carbonyl (C=O) groups is 1. The minimum Gasteiger partial charge on any atom is -0.350 e. The second-order valence-electron chi connectivity index (χ2n) is 6.55. The van der Waals surface area contributed by atoms with E-state index in [-0.39, 0.29) is 17.5 Å². The van der Waals surface area contributed by atoms with Gasteiger partial charge in [-0.3, -0.25) is 14.5 Å². The van der Waals surface area contributed by atoms with E-state index in [0.717, 1.165) is 32.7 Å². The number of likely N-dealkylation sites (N-methyl/N-ethyl adjacent to an activating group) is 1. The molecule has 0 spiro atoms. The highest BCUT2D eigenvalue weighted by atomic mass is 16.1. The van der Waals surface area contributed by atoms with Gasteiger partial charge in [-0.1, -0.05) is 37.3 Å². The SMILES string of the molecule is CCN1CCN(C(CNC(=O)c2ccc(=O)[nH]c2)c2ccccc2)CC1. The zero-order chi connectivity index (χ0) is 18.4. The molecule has 1 fully saturated rings. The van der Waals surface area contributed by atoms with Gasteiger partial charge in [0.05, 0.1) is 11.6 Å². The molecule has 0 aliphatic carbocycles. The van der Waals surface area contributed by atoms with Crippen molar-refractivity contribution in [3.63, 3.8) is 0 Å². The summed E-state index contributed by atoms with van der Waals surface area (Å²) in [6.07, 6.45) is 1.45. The molecule has 0 radical (unpaired) electrons. The Morgan fingerprint density at radius 2 is 1.85 bits per heavy atom. The highest BCUT2D eigenvalue weighted by Gasteiger charge is 2.25. The van der Waals surface area contributed by atoms with E-state index in [1.54, 1.807) is 6.07 Å². The van der Waals surface area contributed by atoms with Gasteiger partial charge in [0.1, 0.15) is 0 Å². The molecule has 0 bridgehead atoms. The number of amides is 1. The summed E-state index contributed by atoms with van der Waals surface area (Å²) >= 11 is 0. The Morgan fingerprint density at radius 1 is 1.12 bits per heavy atom. The quantitative estimate of drug-likeness (QED) is 0.825. The van der Waals surface area contributed by atoms with Gasteiger partial charge in [-0.2, -0.15) is 0 Å². The first kappa shape index (κ1) is 18.4. The number of hydrogen-bond acceptors (Lipinski definition) is 4. The molecule has 1 saturated heterocycles. The van der Waals surface area contributed by atoms with Crippen LogP contribution < -0.4 is 10.9 Å². The van der Waals surface area contributed by atoms with Gasteiger partial charge in [-0.05, 0) is 18.2 Å².